The third-order valence-corrected chi connectivity index (χ3v) is 5.53. The molecule has 11 heteroatoms. The molecule has 1 heterocycles. The van der Waals surface area contributed by atoms with E-state index in [1.54, 1.807) is 0 Å². The van der Waals surface area contributed by atoms with E-state index in [4.69, 9.17) is 9.88 Å². The van der Waals surface area contributed by atoms with E-state index in [9.17, 15) is 17.9 Å². The first kappa shape index (κ1) is 22.6. The summed E-state index contributed by atoms with van der Waals surface area (Å²) in [6.07, 6.45) is 0.191. The lowest BCUT2D eigenvalue weighted by molar-refractivity contribution is 0.0964. The largest absolute Gasteiger partial charge is 0.473 e. The molecular formula is C17H25FN4O4S2. The fraction of sp³-hybridized carbons (Fsp3) is 0.529. The number of benzene rings is 1. The summed E-state index contributed by atoms with van der Waals surface area (Å²) in [6, 6.07) is 3.59. The highest BCUT2D eigenvalue weighted by Gasteiger charge is 2.22. The molecule has 1 atom stereocenters. The number of β-amino-alcohol motifs (C(OH)–C–C–N with tert-alkyl or cyclic N) is 1. The second kappa shape index (κ2) is 9.23. The molecule has 0 spiro atoms. The van der Waals surface area contributed by atoms with Crippen LogP contribution in [0.2, 0.25) is 0 Å². The van der Waals surface area contributed by atoms with Crippen LogP contribution >= 0.6 is 11.7 Å². The summed E-state index contributed by atoms with van der Waals surface area (Å²) in [5.74, 6) is -0.212. The first-order chi connectivity index (χ1) is 13.0. The van der Waals surface area contributed by atoms with E-state index >= 15 is 0 Å². The molecule has 0 unspecified atom stereocenters. The number of hydrogen-bond donors (Lipinski definition) is 3. The van der Waals surface area contributed by atoms with Crippen molar-refractivity contribution in [3.05, 3.63) is 35.3 Å². The number of aromatic nitrogens is 2. The topological polar surface area (TPSA) is 127 Å². The average Bonchev–Trinajstić information content (AvgIpc) is 3.06. The van der Waals surface area contributed by atoms with E-state index in [-0.39, 0.29) is 24.5 Å². The second-order valence-electron chi connectivity index (χ2n) is 7.07. The van der Waals surface area contributed by atoms with Crippen molar-refractivity contribution in [3.63, 3.8) is 0 Å². The predicted molar refractivity (Wildman–Crippen MR) is 104 cm³/mol. The SMILES string of the molecule is CCc1nsnc1OC[C@@H](O)CNC(C)(C)Cc1ccc(S(N)(=O)=O)cc1F. The number of aliphatic hydroxyl groups is 1. The first-order valence-electron chi connectivity index (χ1n) is 8.70. The Morgan fingerprint density at radius 1 is 1.39 bits per heavy atom. The zero-order valence-electron chi connectivity index (χ0n) is 16.0. The zero-order valence-corrected chi connectivity index (χ0v) is 17.6. The third-order valence-electron chi connectivity index (χ3n) is 4.07. The lowest BCUT2D eigenvalue weighted by atomic mass is 9.94. The Morgan fingerprint density at radius 3 is 2.71 bits per heavy atom. The maximum absolute atomic E-state index is 14.2. The van der Waals surface area contributed by atoms with E-state index in [1.165, 1.54) is 12.1 Å². The van der Waals surface area contributed by atoms with Gasteiger partial charge in [0.25, 0.3) is 0 Å². The Kier molecular flexibility index (Phi) is 7.46. The van der Waals surface area contributed by atoms with Crippen LogP contribution in [0.25, 0.3) is 0 Å². The van der Waals surface area contributed by atoms with Crippen LogP contribution in [0.15, 0.2) is 23.1 Å². The Balaban J connectivity index is 1.89. The van der Waals surface area contributed by atoms with Crippen molar-refractivity contribution in [2.75, 3.05) is 13.2 Å². The molecule has 4 N–H and O–H groups in total. The molecule has 0 radical (unpaired) electrons. The number of halogens is 1. The number of ether oxygens (including phenoxy) is 1. The number of primary sulfonamides is 1. The molecule has 28 heavy (non-hydrogen) atoms. The predicted octanol–water partition coefficient (Wildman–Crippen LogP) is 1.24. The van der Waals surface area contributed by atoms with Gasteiger partial charge in [0.15, 0.2) is 0 Å². The van der Waals surface area contributed by atoms with Crippen molar-refractivity contribution >= 4 is 21.8 Å². The standard InChI is InChI=1S/C17H25FN4O4S2/c1-4-15-16(22-27-21-15)26-10-12(23)9-20-17(2,3)8-11-5-6-13(7-14(11)18)28(19,24)25/h5-7,12,20,23H,4,8-10H2,1-3H3,(H2,19,24,25)/t12-/m0/s1. The van der Waals surface area contributed by atoms with Gasteiger partial charge in [-0.2, -0.15) is 4.37 Å². The molecule has 156 valence electrons. The molecule has 1 aromatic heterocycles. The van der Waals surface area contributed by atoms with Crippen LogP contribution in [0.1, 0.15) is 32.0 Å². The number of hydrogen-bond acceptors (Lipinski definition) is 8. The van der Waals surface area contributed by atoms with Crippen molar-refractivity contribution in [1.82, 2.24) is 14.1 Å². The average molecular weight is 433 g/mol. The summed E-state index contributed by atoms with van der Waals surface area (Å²) >= 11 is 1.06. The van der Waals surface area contributed by atoms with Gasteiger partial charge in [-0.15, -0.1) is 4.37 Å². The molecule has 0 aliphatic carbocycles. The van der Waals surface area contributed by atoms with Crippen molar-refractivity contribution in [1.29, 1.82) is 0 Å². The summed E-state index contributed by atoms with van der Waals surface area (Å²) < 4.78 is 50.5. The Morgan fingerprint density at radius 2 is 2.11 bits per heavy atom. The lowest BCUT2D eigenvalue weighted by Gasteiger charge is -2.28. The summed E-state index contributed by atoms with van der Waals surface area (Å²) in [5.41, 5.74) is 0.544. The molecule has 0 bridgehead atoms. The third kappa shape index (κ3) is 6.45. The molecule has 0 saturated carbocycles. The van der Waals surface area contributed by atoms with Gasteiger partial charge in [0.05, 0.1) is 16.6 Å². The minimum Gasteiger partial charge on any atom is -0.473 e. The second-order valence-corrected chi connectivity index (χ2v) is 9.16. The van der Waals surface area contributed by atoms with Gasteiger partial charge >= 0.3 is 0 Å². The van der Waals surface area contributed by atoms with Crippen LogP contribution < -0.4 is 15.2 Å². The molecule has 1 aromatic carbocycles. The number of aryl methyl sites for hydroxylation is 1. The van der Waals surface area contributed by atoms with Crippen LogP contribution in [-0.4, -0.2) is 47.1 Å². The minimum atomic E-state index is -3.95. The smallest absolute Gasteiger partial charge is 0.249 e. The van der Waals surface area contributed by atoms with Crippen molar-refractivity contribution in [3.8, 4) is 5.88 Å². The Labute approximate surface area is 168 Å². The molecule has 0 aliphatic heterocycles. The fourth-order valence-corrected chi connectivity index (χ4v) is 3.64. The van der Waals surface area contributed by atoms with E-state index in [0.29, 0.717) is 17.9 Å². The number of sulfonamides is 1. The maximum Gasteiger partial charge on any atom is 0.249 e. The van der Waals surface area contributed by atoms with Gasteiger partial charge in [-0.3, -0.25) is 0 Å². The molecule has 0 fully saturated rings. The Hall–Kier alpha value is -1.66. The molecule has 0 aliphatic rings. The van der Waals surface area contributed by atoms with E-state index in [1.807, 2.05) is 20.8 Å². The number of nitrogens with two attached hydrogens (primary N) is 1. The van der Waals surface area contributed by atoms with Gasteiger partial charge in [0.2, 0.25) is 15.9 Å². The van der Waals surface area contributed by atoms with Crippen molar-refractivity contribution in [2.45, 2.75) is 50.2 Å². The molecule has 0 saturated heterocycles. The fourth-order valence-electron chi connectivity index (χ4n) is 2.54. The quantitative estimate of drug-likeness (QED) is 0.515. The van der Waals surface area contributed by atoms with Gasteiger partial charge in [0, 0.05) is 12.1 Å². The van der Waals surface area contributed by atoms with Crippen LogP contribution in [0, 0.1) is 5.82 Å². The summed E-state index contributed by atoms with van der Waals surface area (Å²) in [6.45, 7) is 5.93. The van der Waals surface area contributed by atoms with Crippen LogP contribution in [0.5, 0.6) is 5.88 Å². The molecular weight excluding hydrogens is 407 g/mol. The van der Waals surface area contributed by atoms with Gasteiger partial charge in [-0.1, -0.05) is 13.0 Å². The van der Waals surface area contributed by atoms with Crippen LogP contribution in [0.4, 0.5) is 4.39 Å². The summed E-state index contributed by atoms with van der Waals surface area (Å²) in [7, 11) is -3.95. The normalized spacial score (nSPS) is 13.5. The van der Waals surface area contributed by atoms with E-state index in [2.05, 4.69) is 14.1 Å². The van der Waals surface area contributed by atoms with Gasteiger partial charge < -0.3 is 15.2 Å². The summed E-state index contributed by atoms with van der Waals surface area (Å²) in [4.78, 5) is -0.268. The minimum absolute atomic E-state index is 0.0545. The lowest BCUT2D eigenvalue weighted by Crippen LogP contribution is -2.46. The van der Waals surface area contributed by atoms with Gasteiger partial charge in [-0.25, -0.2) is 17.9 Å². The first-order valence-corrected chi connectivity index (χ1v) is 11.0. The molecule has 0 amide bonds. The van der Waals surface area contributed by atoms with E-state index < -0.39 is 27.5 Å². The molecule has 2 rings (SSSR count). The molecule has 2 aromatic rings. The molecule has 8 nitrogen and oxygen atoms in total. The van der Waals surface area contributed by atoms with Crippen LogP contribution in [0.3, 0.4) is 0 Å². The zero-order chi connectivity index (χ0) is 20.9. The highest BCUT2D eigenvalue weighted by Crippen LogP contribution is 2.19. The van der Waals surface area contributed by atoms with Crippen molar-refractivity contribution in [2.24, 2.45) is 5.14 Å². The summed E-state index contributed by atoms with van der Waals surface area (Å²) in [5, 5.41) is 18.3. The van der Waals surface area contributed by atoms with Gasteiger partial charge in [-0.05, 0) is 44.4 Å². The number of rotatable bonds is 10. The van der Waals surface area contributed by atoms with Gasteiger partial charge in [0.1, 0.15) is 24.2 Å². The van der Waals surface area contributed by atoms with E-state index in [0.717, 1.165) is 23.5 Å². The number of nitrogens with one attached hydrogen (secondary N) is 1. The monoisotopic (exact) mass is 432 g/mol. The highest BCUT2D eigenvalue weighted by molar-refractivity contribution is 7.89. The maximum atomic E-state index is 14.2. The Bertz CT molecular complexity index is 902. The highest BCUT2D eigenvalue weighted by atomic mass is 32.2. The number of aliphatic hydroxyl groups excluding tert-OH is 1. The van der Waals surface area contributed by atoms with Crippen molar-refractivity contribution < 1.29 is 22.7 Å². The number of nitrogens with zero attached hydrogens (tertiary/aromatic N) is 2. The van der Waals surface area contributed by atoms with Crippen LogP contribution in [-0.2, 0) is 22.9 Å².